The number of rotatable bonds is 8. The zero-order valence-electron chi connectivity index (χ0n) is 16.0. The lowest BCUT2D eigenvalue weighted by Crippen LogP contribution is -2.35. The first-order valence-corrected chi connectivity index (χ1v) is 9.23. The summed E-state index contributed by atoms with van der Waals surface area (Å²) in [4.78, 5) is 48.7. The second-order valence-electron chi connectivity index (χ2n) is 6.16. The van der Waals surface area contributed by atoms with Crippen molar-refractivity contribution in [1.82, 2.24) is 20.8 Å². The maximum Gasteiger partial charge on any atom is 0.316 e. The van der Waals surface area contributed by atoms with Crippen LogP contribution < -0.4 is 10.6 Å². The molecule has 2 aromatic carbocycles. The van der Waals surface area contributed by atoms with Crippen molar-refractivity contribution in [1.29, 1.82) is 0 Å². The quantitative estimate of drug-likeness (QED) is 0.289. The fraction of sp³-hybridized carbons (Fsp3) is 0.111. The molecule has 13 nitrogen and oxygen atoms in total. The summed E-state index contributed by atoms with van der Waals surface area (Å²) >= 11 is 5.90. The first kappa shape index (κ1) is 22.3. The molecule has 0 atom stereocenters. The number of benzene rings is 2. The summed E-state index contributed by atoms with van der Waals surface area (Å²) in [5.74, 6) is -1.76. The van der Waals surface area contributed by atoms with E-state index in [0.29, 0.717) is 5.56 Å². The van der Waals surface area contributed by atoms with Crippen LogP contribution >= 0.6 is 11.6 Å². The highest BCUT2D eigenvalue weighted by atomic mass is 35.5. The van der Waals surface area contributed by atoms with Gasteiger partial charge in [-0.3, -0.25) is 29.8 Å². The Labute approximate surface area is 183 Å². The maximum atomic E-state index is 12.2. The molecule has 3 rings (SSSR count). The second kappa shape index (κ2) is 9.61. The molecule has 0 saturated carbocycles. The molecular formula is C18H13ClN6O7. The highest BCUT2D eigenvalue weighted by Gasteiger charge is 2.18. The third-order valence-corrected chi connectivity index (χ3v) is 4.37. The first-order chi connectivity index (χ1) is 15.3. The number of hydrogen-bond acceptors (Lipinski definition) is 9. The van der Waals surface area contributed by atoms with Gasteiger partial charge in [0, 0.05) is 42.9 Å². The fourth-order valence-electron chi connectivity index (χ4n) is 2.52. The molecule has 0 radical (unpaired) electrons. The van der Waals surface area contributed by atoms with Crippen LogP contribution in [0, 0.1) is 20.2 Å². The van der Waals surface area contributed by atoms with Crippen LogP contribution in [0.4, 0.5) is 11.4 Å². The van der Waals surface area contributed by atoms with Gasteiger partial charge in [0.25, 0.3) is 17.3 Å². The van der Waals surface area contributed by atoms with Gasteiger partial charge < -0.3 is 15.2 Å². The van der Waals surface area contributed by atoms with Gasteiger partial charge in [-0.1, -0.05) is 28.9 Å². The Bertz CT molecular complexity index is 1210. The molecule has 0 spiro atoms. The molecule has 0 unspecified atom stereocenters. The van der Waals surface area contributed by atoms with Gasteiger partial charge in [0.2, 0.25) is 5.82 Å². The standard InChI is InChI=1S/C18H13ClN6O7/c19-14-5-4-12(25(30)31)9-13(14)16(26)20-6-7-21-17(27)18-22-15(23-32-18)10-2-1-3-11(8-10)24(28)29/h1-5,8-9H,6-7H2,(H,20,26)(H,21,27). The van der Waals surface area contributed by atoms with E-state index in [9.17, 15) is 29.8 Å². The van der Waals surface area contributed by atoms with Gasteiger partial charge in [0.15, 0.2) is 0 Å². The van der Waals surface area contributed by atoms with Gasteiger partial charge in [0.05, 0.1) is 20.4 Å². The molecule has 14 heteroatoms. The number of carbonyl (C=O) groups excluding carboxylic acids is 2. The number of aromatic nitrogens is 2. The predicted octanol–water partition coefficient (Wildman–Crippen LogP) is 2.37. The molecule has 1 aromatic heterocycles. The summed E-state index contributed by atoms with van der Waals surface area (Å²) in [6.45, 7) is -0.0406. The second-order valence-corrected chi connectivity index (χ2v) is 6.57. The molecule has 0 aliphatic rings. The van der Waals surface area contributed by atoms with Gasteiger partial charge in [0.1, 0.15) is 0 Å². The average Bonchev–Trinajstić information content (AvgIpc) is 3.27. The van der Waals surface area contributed by atoms with E-state index in [2.05, 4.69) is 20.8 Å². The van der Waals surface area contributed by atoms with E-state index in [0.717, 1.165) is 6.07 Å². The van der Waals surface area contributed by atoms with Crippen molar-refractivity contribution in [2.24, 2.45) is 0 Å². The van der Waals surface area contributed by atoms with Crippen molar-refractivity contribution >= 4 is 34.8 Å². The first-order valence-electron chi connectivity index (χ1n) is 8.85. The number of amides is 2. The molecule has 2 amide bonds. The molecule has 3 aromatic rings. The Morgan fingerprint density at radius 2 is 1.62 bits per heavy atom. The summed E-state index contributed by atoms with van der Waals surface area (Å²) in [6.07, 6.45) is 0. The van der Waals surface area contributed by atoms with E-state index in [1.807, 2.05) is 0 Å². The van der Waals surface area contributed by atoms with Crippen LogP contribution in [-0.2, 0) is 0 Å². The van der Waals surface area contributed by atoms with E-state index in [4.69, 9.17) is 16.1 Å². The summed E-state index contributed by atoms with van der Waals surface area (Å²) in [5.41, 5.74) is -0.240. The summed E-state index contributed by atoms with van der Waals surface area (Å²) in [7, 11) is 0. The van der Waals surface area contributed by atoms with Crippen LogP contribution in [0.5, 0.6) is 0 Å². The molecule has 1 heterocycles. The van der Waals surface area contributed by atoms with Crippen molar-refractivity contribution in [3.63, 3.8) is 0 Å². The topological polar surface area (TPSA) is 183 Å². The summed E-state index contributed by atoms with van der Waals surface area (Å²) in [5, 5.41) is 30.3. The molecule has 0 aliphatic carbocycles. The molecule has 2 N–H and O–H groups in total. The number of nitrogens with zero attached hydrogens (tertiary/aromatic N) is 4. The zero-order chi connectivity index (χ0) is 23.3. The van der Waals surface area contributed by atoms with Gasteiger partial charge in [-0.2, -0.15) is 4.98 Å². The molecule has 0 saturated heterocycles. The molecule has 32 heavy (non-hydrogen) atoms. The third kappa shape index (κ3) is 5.20. The van der Waals surface area contributed by atoms with Crippen molar-refractivity contribution in [2.75, 3.05) is 13.1 Å². The molecule has 0 aliphatic heterocycles. The largest absolute Gasteiger partial charge is 0.350 e. The lowest BCUT2D eigenvalue weighted by molar-refractivity contribution is -0.385. The minimum absolute atomic E-state index is 0.00698. The SMILES string of the molecule is O=C(NCCNC(=O)c1cc([N+](=O)[O-])ccc1Cl)c1nc(-c2cccc([N+](=O)[O-])c2)no1. The van der Waals surface area contributed by atoms with Crippen molar-refractivity contribution < 1.29 is 24.0 Å². The minimum atomic E-state index is -0.725. The number of non-ortho nitro benzene ring substituents is 2. The Morgan fingerprint density at radius 1 is 0.969 bits per heavy atom. The van der Waals surface area contributed by atoms with Crippen LogP contribution in [0.2, 0.25) is 5.02 Å². The number of nitro groups is 2. The van der Waals surface area contributed by atoms with E-state index in [1.165, 1.54) is 36.4 Å². The Kier molecular flexibility index (Phi) is 6.70. The Balaban J connectivity index is 1.54. The van der Waals surface area contributed by atoms with E-state index >= 15 is 0 Å². The summed E-state index contributed by atoms with van der Waals surface area (Å²) in [6, 6.07) is 8.96. The van der Waals surface area contributed by atoms with Crippen LogP contribution in [0.25, 0.3) is 11.4 Å². The van der Waals surface area contributed by atoms with Crippen molar-refractivity contribution in [2.45, 2.75) is 0 Å². The van der Waals surface area contributed by atoms with Gasteiger partial charge in [-0.25, -0.2) is 0 Å². The van der Waals surface area contributed by atoms with E-state index < -0.39 is 21.7 Å². The average molecular weight is 461 g/mol. The van der Waals surface area contributed by atoms with Crippen LogP contribution in [-0.4, -0.2) is 44.9 Å². The number of carbonyl (C=O) groups is 2. The van der Waals surface area contributed by atoms with Gasteiger partial charge in [-0.05, 0) is 6.07 Å². The third-order valence-electron chi connectivity index (χ3n) is 4.04. The Morgan fingerprint density at radius 3 is 2.31 bits per heavy atom. The number of nitrogens with one attached hydrogen (secondary N) is 2. The summed E-state index contributed by atoms with van der Waals surface area (Å²) < 4.78 is 4.87. The smallest absolute Gasteiger partial charge is 0.316 e. The van der Waals surface area contributed by atoms with E-state index in [1.54, 1.807) is 0 Å². The maximum absolute atomic E-state index is 12.2. The number of halogens is 1. The van der Waals surface area contributed by atoms with Gasteiger partial charge >= 0.3 is 11.8 Å². The lowest BCUT2D eigenvalue weighted by Gasteiger charge is -2.07. The monoisotopic (exact) mass is 460 g/mol. The molecule has 0 fully saturated rings. The van der Waals surface area contributed by atoms with Crippen LogP contribution in [0.1, 0.15) is 21.0 Å². The number of nitro benzene ring substituents is 2. The van der Waals surface area contributed by atoms with E-state index in [-0.39, 0.29) is 46.8 Å². The predicted molar refractivity (Wildman–Crippen MR) is 109 cm³/mol. The minimum Gasteiger partial charge on any atom is -0.350 e. The lowest BCUT2D eigenvalue weighted by atomic mass is 10.2. The van der Waals surface area contributed by atoms with Gasteiger partial charge in [-0.15, -0.1) is 0 Å². The fourth-order valence-corrected chi connectivity index (χ4v) is 2.72. The molecular weight excluding hydrogens is 448 g/mol. The highest BCUT2D eigenvalue weighted by Crippen LogP contribution is 2.22. The highest BCUT2D eigenvalue weighted by molar-refractivity contribution is 6.33. The Hall–Kier alpha value is -4.39. The number of hydrogen-bond donors (Lipinski definition) is 2. The molecule has 164 valence electrons. The van der Waals surface area contributed by atoms with Crippen molar-refractivity contribution in [3.8, 4) is 11.4 Å². The van der Waals surface area contributed by atoms with Crippen LogP contribution in [0.3, 0.4) is 0 Å². The molecule has 0 bridgehead atoms. The van der Waals surface area contributed by atoms with Crippen molar-refractivity contribution in [3.05, 3.63) is 79.2 Å². The zero-order valence-corrected chi connectivity index (χ0v) is 16.7. The normalized spacial score (nSPS) is 10.4. The van der Waals surface area contributed by atoms with Crippen LogP contribution in [0.15, 0.2) is 47.0 Å².